The van der Waals surface area contributed by atoms with Crippen LogP contribution in [0.1, 0.15) is 60.3 Å². The normalized spacial score (nSPS) is 16.5. The van der Waals surface area contributed by atoms with E-state index >= 15 is 0 Å². The summed E-state index contributed by atoms with van der Waals surface area (Å²) in [6, 6.07) is -1.40. The van der Waals surface area contributed by atoms with E-state index in [9.17, 15) is 19.5 Å². The molecule has 1 rings (SSSR count). The lowest BCUT2D eigenvalue weighted by Crippen LogP contribution is -2.55. The van der Waals surface area contributed by atoms with E-state index < -0.39 is 30.3 Å². The standard InChI is InChI=1S/C19H35N3O5/c1-14(2)22(12-16(24)21-10-8-6-7-9-11-21)17(25)15(13-23)20-18(26)27-19(3,4)5/h14-15,23H,6-13H2,1-5H3,(H,20,26). The Labute approximate surface area is 162 Å². The van der Waals surface area contributed by atoms with Gasteiger partial charge in [-0.15, -0.1) is 0 Å². The molecule has 2 N–H and O–H groups in total. The van der Waals surface area contributed by atoms with Crippen LogP contribution in [0.5, 0.6) is 0 Å². The average Bonchev–Trinajstić information content (AvgIpc) is 2.84. The molecule has 156 valence electrons. The number of alkyl carbamates (subject to hydrolysis) is 1. The molecule has 1 fully saturated rings. The van der Waals surface area contributed by atoms with Crippen LogP contribution in [-0.2, 0) is 14.3 Å². The number of amides is 3. The molecule has 1 saturated heterocycles. The largest absolute Gasteiger partial charge is 0.444 e. The van der Waals surface area contributed by atoms with Crippen LogP contribution < -0.4 is 5.32 Å². The quantitative estimate of drug-likeness (QED) is 0.722. The number of hydrogen-bond acceptors (Lipinski definition) is 5. The van der Waals surface area contributed by atoms with Crippen LogP contribution in [0.2, 0.25) is 0 Å². The van der Waals surface area contributed by atoms with Crippen LogP contribution in [0.15, 0.2) is 0 Å². The number of likely N-dealkylation sites (tertiary alicyclic amines) is 1. The van der Waals surface area contributed by atoms with Crippen molar-refractivity contribution in [3.8, 4) is 0 Å². The van der Waals surface area contributed by atoms with E-state index in [0.717, 1.165) is 25.7 Å². The van der Waals surface area contributed by atoms with Crippen LogP contribution in [-0.4, -0.2) is 76.7 Å². The Morgan fingerprint density at radius 1 is 1.11 bits per heavy atom. The lowest BCUT2D eigenvalue weighted by Gasteiger charge is -2.32. The zero-order valence-electron chi connectivity index (χ0n) is 17.3. The molecule has 0 aromatic rings. The highest BCUT2D eigenvalue weighted by molar-refractivity contribution is 5.90. The molecule has 0 spiro atoms. The highest BCUT2D eigenvalue weighted by Crippen LogP contribution is 2.12. The summed E-state index contributed by atoms with van der Waals surface area (Å²) in [5.74, 6) is -0.602. The number of aliphatic hydroxyl groups excluding tert-OH is 1. The molecule has 27 heavy (non-hydrogen) atoms. The van der Waals surface area contributed by atoms with Gasteiger partial charge in [0.2, 0.25) is 11.8 Å². The second kappa shape index (κ2) is 10.5. The van der Waals surface area contributed by atoms with Crippen molar-refractivity contribution in [3.05, 3.63) is 0 Å². The monoisotopic (exact) mass is 385 g/mol. The van der Waals surface area contributed by atoms with Crippen LogP contribution in [0.3, 0.4) is 0 Å². The Morgan fingerprint density at radius 3 is 2.11 bits per heavy atom. The first-order chi connectivity index (χ1) is 12.5. The van der Waals surface area contributed by atoms with Crippen molar-refractivity contribution in [3.63, 3.8) is 0 Å². The van der Waals surface area contributed by atoms with Crippen molar-refractivity contribution in [1.82, 2.24) is 15.1 Å². The molecule has 8 nitrogen and oxygen atoms in total. The molecule has 3 amide bonds. The molecule has 0 bridgehead atoms. The average molecular weight is 386 g/mol. The summed E-state index contributed by atoms with van der Waals surface area (Å²) in [6.07, 6.45) is 3.39. The van der Waals surface area contributed by atoms with Gasteiger partial charge >= 0.3 is 6.09 Å². The fraction of sp³-hybridized carbons (Fsp3) is 0.842. The summed E-state index contributed by atoms with van der Waals surface area (Å²) in [4.78, 5) is 40.6. The van der Waals surface area contributed by atoms with Gasteiger partial charge in [0.15, 0.2) is 0 Å². The number of ether oxygens (including phenoxy) is 1. The molecule has 1 heterocycles. The van der Waals surface area contributed by atoms with Crippen molar-refractivity contribution < 1.29 is 24.2 Å². The van der Waals surface area contributed by atoms with Gasteiger partial charge in [-0.3, -0.25) is 9.59 Å². The Morgan fingerprint density at radius 2 is 1.67 bits per heavy atom. The molecule has 0 radical (unpaired) electrons. The van der Waals surface area contributed by atoms with Gasteiger partial charge in [-0.1, -0.05) is 12.8 Å². The fourth-order valence-corrected chi connectivity index (χ4v) is 2.92. The van der Waals surface area contributed by atoms with Gasteiger partial charge < -0.3 is 25.0 Å². The molecular formula is C19H35N3O5. The molecule has 1 atom stereocenters. The maximum absolute atomic E-state index is 12.8. The van der Waals surface area contributed by atoms with Gasteiger partial charge in [-0.25, -0.2) is 4.79 Å². The summed E-state index contributed by atoms with van der Waals surface area (Å²) < 4.78 is 5.14. The van der Waals surface area contributed by atoms with E-state index in [4.69, 9.17) is 4.74 Å². The highest BCUT2D eigenvalue weighted by Gasteiger charge is 2.31. The van der Waals surface area contributed by atoms with Gasteiger partial charge in [-0.2, -0.15) is 0 Å². The smallest absolute Gasteiger partial charge is 0.408 e. The molecule has 8 heteroatoms. The molecule has 1 unspecified atom stereocenters. The van der Waals surface area contributed by atoms with Crippen molar-refractivity contribution >= 4 is 17.9 Å². The Bertz CT molecular complexity index is 508. The number of carbonyl (C=O) groups is 3. The summed E-state index contributed by atoms with van der Waals surface area (Å²) in [6.45, 7) is 9.51. The molecule has 0 saturated carbocycles. The summed E-state index contributed by atoms with van der Waals surface area (Å²) in [7, 11) is 0. The van der Waals surface area contributed by atoms with E-state index in [1.54, 1.807) is 39.5 Å². The predicted octanol–water partition coefficient (Wildman–Crippen LogP) is 1.51. The van der Waals surface area contributed by atoms with E-state index in [1.165, 1.54) is 4.90 Å². The van der Waals surface area contributed by atoms with Crippen molar-refractivity contribution in [2.45, 2.75) is 78.0 Å². The summed E-state index contributed by atoms with van der Waals surface area (Å²) in [5.41, 5.74) is -0.715. The van der Waals surface area contributed by atoms with Gasteiger partial charge in [0.25, 0.3) is 0 Å². The van der Waals surface area contributed by atoms with Crippen molar-refractivity contribution in [2.24, 2.45) is 0 Å². The van der Waals surface area contributed by atoms with E-state index in [2.05, 4.69) is 5.32 Å². The lowest BCUT2D eigenvalue weighted by atomic mass is 10.2. The molecule has 0 aliphatic carbocycles. The third kappa shape index (κ3) is 8.15. The van der Waals surface area contributed by atoms with Crippen LogP contribution >= 0.6 is 0 Å². The van der Waals surface area contributed by atoms with E-state index in [0.29, 0.717) is 13.1 Å². The zero-order valence-corrected chi connectivity index (χ0v) is 17.3. The third-order valence-corrected chi connectivity index (χ3v) is 4.34. The van der Waals surface area contributed by atoms with Gasteiger partial charge in [-0.05, 0) is 47.5 Å². The van der Waals surface area contributed by atoms with E-state index in [1.807, 2.05) is 0 Å². The number of carbonyl (C=O) groups excluding carboxylic acids is 3. The molecular weight excluding hydrogens is 350 g/mol. The minimum absolute atomic E-state index is 0.0665. The Balaban J connectivity index is 2.76. The minimum atomic E-state index is -1.15. The Kier molecular flexibility index (Phi) is 9.02. The maximum atomic E-state index is 12.8. The maximum Gasteiger partial charge on any atom is 0.408 e. The molecule has 1 aliphatic heterocycles. The first-order valence-electron chi connectivity index (χ1n) is 9.73. The second-order valence-electron chi connectivity index (χ2n) is 8.24. The topological polar surface area (TPSA) is 99.2 Å². The van der Waals surface area contributed by atoms with Crippen molar-refractivity contribution in [1.29, 1.82) is 0 Å². The number of nitrogens with zero attached hydrogens (tertiary/aromatic N) is 2. The number of hydrogen-bond donors (Lipinski definition) is 2. The Hall–Kier alpha value is -1.83. The number of aliphatic hydroxyl groups is 1. The third-order valence-electron chi connectivity index (χ3n) is 4.34. The zero-order chi connectivity index (χ0) is 20.6. The number of nitrogens with one attached hydrogen (secondary N) is 1. The lowest BCUT2D eigenvalue weighted by molar-refractivity contribution is -0.143. The first-order valence-corrected chi connectivity index (χ1v) is 9.73. The summed E-state index contributed by atoms with van der Waals surface area (Å²) >= 11 is 0. The van der Waals surface area contributed by atoms with Gasteiger partial charge in [0.05, 0.1) is 6.61 Å². The molecule has 0 aromatic heterocycles. The first kappa shape index (κ1) is 23.2. The van der Waals surface area contributed by atoms with Gasteiger partial charge in [0, 0.05) is 19.1 Å². The minimum Gasteiger partial charge on any atom is -0.444 e. The van der Waals surface area contributed by atoms with Crippen molar-refractivity contribution in [2.75, 3.05) is 26.2 Å². The summed E-state index contributed by atoms with van der Waals surface area (Å²) in [5, 5.41) is 12.0. The highest BCUT2D eigenvalue weighted by atomic mass is 16.6. The SMILES string of the molecule is CC(C)N(CC(=O)N1CCCCCC1)C(=O)C(CO)NC(=O)OC(C)(C)C. The van der Waals surface area contributed by atoms with Gasteiger partial charge in [0.1, 0.15) is 18.2 Å². The van der Waals surface area contributed by atoms with Crippen LogP contribution in [0.4, 0.5) is 4.79 Å². The molecule has 1 aliphatic rings. The van der Waals surface area contributed by atoms with E-state index in [-0.39, 0.29) is 18.5 Å². The molecule has 0 aromatic carbocycles. The predicted molar refractivity (Wildman–Crippen MR) is 102 cm³/mol. The van der Waals surface area contributed by atoms with Crippen LogP contribution in [0.25, 0.3) is 0 Å². The fourth-order valence-electron chi connectivity index (χ4n) is 2.92. The number of rotatable bonds is 6. The second-order valence-corrected chi connectivity index (χ2v) is 8.24. The van der Waals surface area contributed by atoms with Crippen LogP contribution in [0, 0.1) is 0 Å².